The average Bonchev–Trinajstić information content (AvgIpc) is 2.82. The summed E-state index contributed by atoms with van der Waals surface area (Å²) in [6.07, 6.45) is -0.929. The van der Waals surface area contributed by atoms with Crippen molar-refractivity contribution in [2.45, 2.75) is 19.6 Å². The third-order valence-electron chi connectivity index (χ3n) is 4.80. The van der Waals surface area contributed by atoms with Gasteiger partial charge in [-0.3, -0.25) is 4.79 Å². The summed E-state index contributed by atoms with van der Waals surface area (Å²) in [5.41, 5.74) is 3.28. The van der Waals surface area contributed by atoms with Gasteiger partial charge < -0.3 is 19.5 Å². The van der Waals surface area contributed by atoms with Crippen LogP contribution in [0.15, 0.2) is 72.8 Å². The van der Waals surface area contributed by atoms with E-state index in [1.54, 1.807) is 45.4 Å². The van der Waals surface area contributed by atoms with E-state index < -0.39 is 12.1 Å². The summed E-state index contributed by atoms with van der Waals surface area (Å²) >= 11 is 0. The number of hydrogen-bond donors (Lipinski definition) is 1. The van der Waals surface area contributed by atoms with E-state index >= 15 is 0 Å². The molecule has 3 aromatic rings. The van der Waals surface area contributed by atoms with E-state index in [9.17, 15) is 9.59 Å². The highest BCUT2D eigenvalue weighted by Gasteiger charge is 2.19. The van der Waals surface area contributed by atoms with E-state index in [4.69, 9.17) is 14.2 Å². The van der Waals surface area contributed by atoms with Gasteiger partial charge in [-0.25, -0.2) is 4.79 Å². The smallest absolute Gasteiger partial charge is 0.338 e. The van der Waals surface area contributed by atoms with Crippen LogP contribution in [-0.2, 0) is 16.1 Å². The molecule has 0 aliphatic carbocycles. The molecule has 0 heterocycles. The summed E-state index contributed by atoms with van der Waals surface area (Å²) in [5, 5.41) is 2.76. The van der Waals surface area contributed by atoms with Crippen LogP contribution in [0.4, 0.5) is 0 Å². The van der Waals surface area contributed by atoms with Crippen LogP contribution in [0, 0.1) is 0 Å². The van der Waals surface area contributed by atoms with E-state index in [0.717, 1.165) is 16.7 Å². The topological polar surface area (TPSA) is 73.9 Å². The fraction of sp³-hybridized carbons (Fsp3) is 0.200. The van der Waals surface area contributed by atoms with Gasteiger partial charge in [0.15, 0.2) is 17.6 Å². The summed E-state index contributed by atoms with van der Waals surface area (Å²) < 4.78 is 15.8. The van der Waals surface area contributed by atoms with Crippen LogP contribution in [0.3, 0.4) is 0 Å². The highest BCUT2D eigenvalue weighted by Crippen LogP contribution is 2.27. The molecule has 0 fully saturated rings. The van der Waals surface area contributed by atoms with E-state index in [1.807, 2.05) is 48.5 Å². The lowest BCUT2D eigenvalue weighted by Gasteiger charge is -2.14. The minimum absolute atomic E-state index is 0.271. The van der Waals surface area contributed by atoms with Crippen molar-refractivity contribution in [3.63, 3.8) is 0 Å². The van der Waals surface area contributed by atoms with Crippen molar-refractivity contribution >= 4 is 11.9 Å². The zero-order valence-electron chi connectivity index (χ0n) is 17.8. The number of methoxy groups -OCH3 is 2. The van der Waals surface area contributed by atoms with Gasteiger partial charge in [0.2, 0.25) is 0 Å². The third kappa shape index (κ3) is 5.63. The van der Waals surface area contributed by atoms with Gasteiger partial charge in [-0.15, -0.1) is 0 Å². The molecule has 0 saturated carbocycles. The summed E-state index contributed by atoms with van der Waals surface area (Å²) in [7, 11) is 3.11. The number of carbonyl (C=O) groups excluding carboxylic acids is 2. The summed E-state index contributed by atoms with van der Waals surface area (Å²) in [6, 6.07) is 22.3. The Morgan fingerprint density at radius 2 is 1.48 bits per heavy atom. The van der Waals surface area contributed by atoms with Crippen molar-refractivity contribution in [3.05, 3.63) is 83.9 Å². The minimum Gasteiger partial charge on any atom is -0.493 e. The predicted molar refractivity (Wildman–Crippen MR) is 118 cm³/mol. The van der Waals surface area contributed by atoms with Crippen molar-refractivity contribution in [3.8, 4) is 22.6 Å². The number of benzene rings is 3. The second-order valence-electron chi connectivity index (χ2n) is 6.90. The van der Waals surface area contributed by atoms with Crippen LogP contribution < -0.4 is 14.8 Å². The molecule has 0 bridgehead atoms. The van der Waals surface area contributed by atoms with Gasteiger partial charge in [-0.05, 0) is 47.9 Å². The molecule has 3 aromatic carbocycles. The second kappa shape index (κ2) is 10.3. The Morgan fingerprint density at radius 3 is 2.13 bits per heavy atom. The van der Waals surface area contributed by atoms with Crippen LogP contribution in [0.5, 0.6) is 11.5 Å². The average molecular weight is 419 g/mol. The molecule has 1 amide bonds. The number of hydrogen-bond acceptors (Lipinski definition) is 5. The number of esters is 1. The Hall–Kier alpha value is -3.80. The van der Waals surface area contributed by atoms with E-state index in [2.05, 4.69) is 5.32 Å². The highest BCUT2D eigenvalue weighted by molar-refractivity contribution is 5.92. The van der Waals surface area contributed by atoms with Gasteiger partial charge >= 0.3 is 5.97 Å². The monoisotopic (exact) mass is 419 g/mol. The molecule has 0 spiro atoms. The van der Waals surface area contributed by atoms with Gasteiger partial charge in [-0.1, -0.05) is 48.5 Å². The number of nitrogens with one attached hydrogen (secondary N) is 1. The minimum atomic E-state index is -0.929. The Morgan fingerprint density at radius 1 is 0.839 bits per heavy atom. The molecule has 31 heavy (non-hydrogen) atoms. The number of carbonyl (C=O) groups is 2. The summed E-state index contributed by atoms with van der Waals surface area (Å²) in [5.74, 6) is 0.253. The van der Waals surface area contributed by atoms with Crippen molar-refractivity contribution in [2.24, 2.45) is 0 Å². The standard InChI is InChI=1S/C25H25NO5/c1-17(24(27)26-16-18-9-14-22(29-2)23(15-18)30-3)31-25(28)21-12-10-20(11-13-21)19-7-5-4-6-8-19/h4-15,17H,16H2,1-3H3,(H,26,27). The first-order valence-corrected chi connectivity index (χ1v) is 9.87. The maximum absolute atomic E-state index is 12.4. The molecule has 3 rings (SSSR count). The normalized spacial score (nSPS) is 11.3. The van der Waals surface area contributed by atoms with Gasteiger partial charge in [0.05, 0.1) is 19.8 Å². The molecule has 6 heteroatoms. The molecule has 1 N–H and O–H groups in total. The lowest BCUT2D eigenvalue weighted by atomic mass is 10.0. The maximum Gasteiger partial charge on any atom is 0.338 e. The lowest BCUT2D eigenvalue weighted by molar-refractivity contribution is -0.129. The van der Waals surface area contributed by atoms with Crippen molar-refractivity contribution in [1.29, 1.82) is 0 Å². The van der Waals surface area contributed by atoms with Gasteiger partial charge in [0.25, 0.3) is 5.91 Å². The fourth-order valence-corrected chi connectivity index (χ4v) is 3.03. The Bertz CT molecular complexity index is 1030. The van der Waals surface area contributed by atoms with Crippen molar-refractivity contribution in [1.82, 2.24) is 5.32 Å². The first-order valence-electron chi connectivity index (χ1n) is 9.87. The molecular formula is C25H25NO5. The largest absolute Gasteiger partial charge is 0.493 e. The zero-order valence-corrected chi connectivity index (χ0v) is 17.8. The Labute approximate surface area is 181 Å². The SMILES string of the molecule is COc1ccc(CNC(=O)C(C)OC(=O)c2ccc(-c3ccccc3)cc2)cc1OC. The number of amides is 1. The summed E-state index contributed by atoms with van der Waals surface area (Å²) in [6.45, 7) is 1.81. The van der Waals surface area contributed by atoms with Crippen LogP contribution in [0.25, 0.3) is 11.1 Å². The van der Waals surface area contributed by atoms with E-state index in [1.165, 1.54) is 0 Å². The number of ether oxygens (including phenoxy) is 3. The van der Waals surface area contributed by atoms with Crippen molar-refractivity contribution in [2.75, 3.05) is 14.2 Å². The lowest BCUT2D eigenvalue weighted by Crippen LogP contribution is -2.35. The Balaban J connectivity index is 1.55. The molecule has 0 aliphatic heterocycles. The molecular weight excluding hydrogens is 394 g/mol. The quantitative estimate of drug-likeness (QED) is 0.553. The van der Waals surface area contributed by atoms with Gasteiger partial charge in [0, 0.05) is 6.54 Å². The van der Waals surface area contributed by atoms with E-state index in [-0.39, 0.29) is 12.5 Å². The predicted octanol–water partition coefficient (Wildman–Crippen LogP) is 4.23. The van der Waals surface area contributed by atoms with Crippen LogP contribution in [0.2, 0.25) is 0 Å². The fourth-order valence-electron chi connectivity index (χ4n) is 3.03. The van der Waals surface area contributed by atoms with Gasteiger partial charge in [0.1, 0.15) is 0 Å². The third-order valence-corrected chi connectivity index (χ3v) is 4.80. The van der Waals surface area contributed by atoms with Gasteiger partial charge in [-0.2, -0.15) is 0 Å². The van der Waals surface area contributed by atoms with Crippen LogP contribution >= 0.6 is 0 Å². The Kier molecular flexibility index (Phi) is 7.27. The van der Waals surface area contributed by atoms with Crippen molar-refractivity contribution < 1.29 is 23.8 Å². The summed E-state index contributed by atoms with van der Waals surface area (Å²) in [4.78, 5) is 24.8. The molecule has 1 unspecified atom stereocenters. The van der Waals surface area contributed by atoms with E-state index in [0.29, 0.717) is 17.1 Å². The second-order valence-corrected chi connectivity index (χ2v) is 6.90. The molecule has 1 atom stereocenters. The van der Waals surface area contributed by atoms with Crippen LogP contribution in [-0.4, -0.2) is 32.2 Å². The van der Waals surface area contributed by atoms with Crippen LogP contribution in [0.1, 0.15) is 22.8 Å². The maximum atomic E-state index is 12.4. The molecule has 0 radical (unpaired) electrons. The molecule has 0 aliphatic rings. The highest BCUT2D eigenvalue weighted by atomic mass is 16.5. The number of rotatable bonds is 8. The molecule has 0 saturated heterocycles. The molecule has 6 nitrogen and oxygen atoms in total. The zero-order chi connectivity index (χ0) is 22.2. The molecule has 0 aromatic heterocycles. The first-order chi connectivity index (χ1) is 15.0. The first kappa shape index (κ1) is 21.9. The molecule has 160 valence electrons.